The molecule has 2 nitrogen and oxygen atoms in total. The molecular weight excluding hydrogens is 220 g/mol. The van der Waals surface area contributed by atoms with Crippen molar-refractivity contribution in [2.45, 2.75) is 31.3 Å². The smallest absolute Gasteiger partial charge is 0.0579 e. The summed E-state index contributed by atoms with van der Waals surface area (Å²) in [5, 5.41) is 3.76. The Morgan fingerprint density at radius 1 is 0.944 bits per heavy atom. The van der Waals surface area contributed by atoms with Crippen LogP contribution in [0.15, 0.2) is 54.9 Å². The monoisotopic (exact) mass is 238 g/mol. The molecule has 3 rings (SSSR count). The van der Waals surface area contributed by atoms with Crippen LogP contribution >= 0.6 is 0 Å². The van der Waals surface area contributed by atoms with Gasteiger partial charge in [0.2, 0.25) is 0 Å². The molecule has 0 aliphatic heterocycles. The zero-order chi connectivity index (χ0) is 12.2. The molecular formula is C16H18N2. The Labute approximate surface area is 108 Å². The molecule has 1 atom stereocenters. The standard InChI is InChI=1S/C16H18N2/c1-2-5-13(6-3-1)16(18-15-7-4-8-15)14-9-11-17-12-10-14/h1-3,5-6,9-12,15-16,18H,4,7-8H2. The number of nitrogens with zero attached hydrogens (tertiary/aromatic N) is 1. The van der Waals surface area contributed by atoms with Gasteiger partial charge in [-0.1, -0.05) is 36.8 Å². The topological polar surface area (TPSA) is 24.9 Å². The summed E-state index contributed by atoms with van der Waals surface area (Å²) in [7, 11) is 0. The quantitative estimate of drug-likeness (QED) is 0.884. The van der Waals surface area contributed by atoms with Gasteiger partial charge in [-0.2, -0.15) is 0 Å². The average Bonchev–Trinajstić information content (AvgIpc) is 2.40. The van der Waals surface area contributed by atoms with Crippen molar-refractivity contribution in [3.05, 3.63) is 66.0 Å². The molecule has 0 radical (unpaired) electrons. The minimum atomic E-state index is 0.291. The average molecular weight is 238 g/mol. The molecule has 2 aromatic rings. The van der Waals surface area contributed by atoms with E-state index in [1.807, 2.05) is 12.4 Å². The van der Waals surface area contributed by atoms with E-state index in [0.29, 0.717) is 12.1 Å². The van der Waals surface area contributed by atoms with E-state index in [9.17, 15) is 0 Å². The van der Waals surface area contributed by atoms with E-state index in [-0.39, 0.29) is 0 Å². The lowest BCUT2D eigenvalue weighted by Crippen LogP contribution is -2.38. The normalized spacial score (nSPS) is 17.1. The molecule has 18 heavy (non-hydrogen) atoms. The van der Waals surface area contributed by atoms with E-state index in [1.54, 1.807) is 0 Å². The van der Waals surface area contributed by atoms with Gasteiger partial charge in [-0.15, -0.1) is 0 Å². The van der Waals surface area contributed by atoms with E-state index >= 15 is 0 Å². The van der Waals surface area contributed by atoms with Gasteiger partial charge in [0.05, 0.1) is 6.04 Å². The first-order valence-corrected chi connectivity index (χ1v) is 6.64. The van der Waals surface area contributed by atoms with Crippen LogP contribution in [-0.4, -0.2) is 11.0 Å². The first kappa shape index (κ1) is 11.4. The third-order valence-corrected chi connectivity index (χ3v) is 3.68. The summed E-state index contributed by atoms with van der Waals surface area (Å²) >= 11 is 0. The Morgan fingerprint density at radius 2 is 1.61 bits per heavy atom. The van der Waals surface area contributed by atoms with Crippen LogP contribution in [0.25, 0.3) is 0 Å². The number of hydrogen-bond acceptors (Lipinski definition) is 2. The van der Waals surface area contributed by atoms with Crippen molar-refractivity contribution >= 4 is 0 Å². The van der Waals surface area contributed by atoms with Crippen LogP contribution in [0.4, 0.5) is 0 Å². The second kappa shape index (κ2) is 5.32. The predicted molar refractivity (Wildman–Crippen MR) is 73.3 cm³/mol. The van der Waals surface area contributed by atoms with Gasteiger partial charge in [-0.25, -0.2) is 0 Å². The van der Waals surface area contributed by atoms with Gasteiger partial charge in [0.25, 0.3) is 0 Å². The Morgan fingerprint density at radius 3 is 2.22 bits per heavy atom. The second-order valence-electron chi connectivity index (χ2n) is 4.92. The molecule has 1 saturated carbocycles. The van der Waals surface area contributed by atoms with Crippen molar-refractivity contribution in [1.29, 1.82) is 0 Å². The molecule has 1 N–H and O–H groups in total. The number of benzene rings is 1. The van der Waals surface area contributed by atoms with Gasteiger partial charge < -0.3 is 5.32 Å². The number of hydrogen-bond donors (Lipinski definition) is 1. The molecule has 1 aliphatic rings. The van der Waals surface area contributed by atoms with Crippen molar-refractivity contribution in [2.24, 2.45) is 0 Å². The Hall–Kier alpha value is -1.67. The van der Waals surface area contributed by atoms with Crippen LogP contribution in [0, 0.1) is 0 Å². The molecule has 1 heterocycles. The van der Waals surface area contributed by atoms with Gasteiger partial charge in [0.1, 0.15) is 0 Å². The molecule has 1 unspecified atom stereocenters. The van der Waals surface area contributed by atoms with Gasteiger partial charge in [0.15, 0.2) is 0 Å². The van der Waals surface area contributed by atoms with E-state index < -0.39 is 0 Å². The fraction of sp³-hybridized carbons (Fsp3) is 0.312. The molecule has 0 amide bonds. The maximum absolute atomic E-state index is 4.11. The molecule has 0 spiro atoms. The van der Waals surface area contributed by atoms with Crippen molar-refractivity contribution in [3.8, 4) is 0 Å². The van der Waals surface area contributed by atoms with Gasteiger partial charge in [-0.3, -0.25) is 4.98 Å². The minimum absolute atomic E-state index is 0.291. The summed E-state index contributed by atoms with van der Waals surface area (Å²) in [6.45, 7) is 0. The third kappa shape index (κ3) is 2.44. The lowest BCUT2D eigenvalue weighted by molar-refractivity contribution is 0.320. The van der Waals surface area contributed by atoms with E-state index in [1.165, 1.54) is 30.4 Å². The van der Waals surface area contributed by atoms with Crippen molar-refractivity contribution < 1.29 is 0 Å². The first-order valence-electron chi connectivity index (χ1n) is 6.64. The summed E-state index contributed by atoms with van der Waals surface area (Å²) in [5.74, 6) is 0. The number of rotatable bonds is 4. The molecule has 1 aromatic carbocycles. The lowest BCUT2D eigenvalue weighted by Gasteiger charge is -2.32. The maximum atomic E-state index is 4.11. The summed E-state index contributed by atoms with van der Waals surface area (Å²) < 4.78 is 0. The van der Waals surface area contributed by atoms with Crippen molar-refractivity contribution in [3.63, 3.8) is 0 Å². The highest BCUT2D eigenvalue weighted by atomic mass is 15.0. The fourth-order valence-corrected chi connectivity index (χ4v) is 2.40. The molecule has 1 aromatic heterocycles. The third-order valence-electron chi connectivity index (χ3n) is 3.68. The largest absolute Gasteiger partial charge is 0.303 e. The maximum Gasteiger partial charge on any atom is 0.0579 e. The van der Waals surface area contributed by atoms with Crippen molar-refractivity contribution in [1.82, 2.24) is 10.3 Å². The van der Waals surface area contributed by atoms with Gasteiger partial charge in [0, 0.05) is 18.4 Å². The number of nitrogens with one attached hydrogen (secondary N) is 1. The first-order chi connectivity index (χ1) is 8.93. The van der Waals surface area contributed by atoms with Crippen LogP contribution < -0.4 is 5.32 Å². The summed E-state index contributed by atoms with van der Waals surface area (Å²) in [4.78, 5) is 4.11. The zero-order valence-electron chi connectivity index (χ0n) is 10.4. The van der Waals surface area contributed by atoms with Crippen molar-refractivity contribution in [2.75, 3.05) is 0 Å². The molecule has 0 bridgehead atoms. The van der Waals surface area contributed by atoms with E-state index in [0.717, 1.165) is 0 Å². The van der Waals surface area contributed by atoms with Crippen LogP contribution in [-0.2, 0) is 0 Å². The molecule has 1 fully saturated rings. The minimum Gasteiger partial charge on any atom is -0.303 e. The fourth-order valence-electron chi connectivity index (χ4n) is 2.40. The zero-order valence-corrected chi connectivity index (χ0v) is 10.4. The molecule has 2 heteroatoms. The van der Waals surface area contributed by atoms with Gasteiger partial charge >= 0.3 is 0 Å². The van der Waals surface area contributed by atoms with E-state index in [2.05, 4.69) is 52.8 Å². The highest BCUT2D eigenvalue weighted by Gasteiger charge is 2.22. The SMILES string of the molecule is c1ccc(C(NC2CCC2)c2ccncc2)cc1. The number of aromatic nitrogens is 1. The summed E-state index contributed by atoms with van der Waals surface area (Å²) in [6.07, 6.45) is 7.69. The van der Waals surface area contributed by atoms with Crippen LogP contribution in [0.1, 0.15) is 36.4 Å². The van der Waals surface area contributed by atoms with Crippen LogP contribution in [0.5, 0.6) is 0 Å². The highest BCUT2D eigenvalue weighted by molar-refractivity contribution is 5.30. The van der Waals surface area contributed by atoms with Crippen LogP contribution in [0.2, 0.25) is 0 Å². The lowest BCUT2D eigenvalue weighted by atomic mass is 9.90. The summed E-state index contributed by atoms with van der Waals surface area (Å²) in [5.41, 5.74) is 2.62. The molecule has 0 saturated heterocycles. The second-order valence-corrected chi connectivity index (χ2v) is 4.92. The Kier molecular flexibility index (Phi) is 3.37. The predicted octanol–water partition coefficient (Wildman–Crippen LogP) is 3.31. The highest BCUT2D eigenvalue weighted by Crippen LogP contribution is 2.27. The van der Waals surface area contributed by atoms with E-state index in [4.69, 9.17) is 0 Å². The van der Waals surface area contributed by atoms with Gasteiger partial charge in [-0.05, 0) is 36.1 Å². The Balaban J connectivity index is 1.88. The molecule has 92 valence electrons. The Bertz CT molecular complexity index is 437. The van der Waals surface area contributed by atoms with Crippen LogP contribution in [0.3, 0.4) is 0 Å². The summed E-state index contributed by atoms with van der Waals surface area (Å²) in [6, 6.07) is 15.8. The molecule has 1 aliphatic carbocycles. The number of pyridine rings is 1.